The number of rotatable bonds is 5. The molecule has 0 amide bonds. The molecule has 0 unspecified atom stereocenters. The Hall–Kier alpha value is -2.10. The van der Waals surface area contributed by atoms with Gasteiger partial charge in [-0.25, -0.2) is 9.97 Å². The summed E-state index contributed by atoms with van der Waals surface area (Å²) in [6, 6.07) is 15.8. The van der Waals surface area contributed by atoms with Crippen LogP contribution in [-0.4, -0.2) is 9.97 Å². The van der Waals surface area contributed by atoms with Crippen molar-refractivity contribution < 1.29 is 0 Å². The molecule has 0 N–H and O–H groups in total. The summed E-state index contributed by atoms with van der Waals surface area (Å²) in [4.78, 5) is 10.4. The van der Waals surface area contributed by atoms with Gasteiger partial charge in [0.1, 0.15) is 6.33 Å². The van der Waals surface area contributed by atoms with Crippen LogP contribution >= 0.6 is 23.2 Å². The Balaban J connectivity index is 1.89. The van der Waals surface area contributed by atoms with E-state index in [9.17, 15) is 0 Å². The van der Waals surface area contributed by atoms with Crippen LogP contribution in [0.25, 0.3) is 0 Å². The lowest BCUT2D eigenvalue weighted by molar-refractivity contribution is 0.793. The van der Waals surface area contributed by atoms with E-state index in [1.165, 1.54) is 11.9 Å². The molecule has 0 bridgehead atoms. The lowest BCUT2D eigenvalue weighted by Gasteiger charge is -2.25. The molecule has 1 heterocycles. The minimum Gasteiger partial charge on any atom is -0.360 e. The molecule has 0 saturated carbocycles. The van der Waals surface area contributed by atoms with Gasteiger partial charge in [0.25, 0.3) is 0 Å². The van der Waals surface area contributed by atoms with Crippen LogP contribution in [0.3, 0.4) is 0 Å². The van der Waals surface area contributed by atoms with E-state index in [1.807, 2.05) is 30.3 Å². The fourth-order valence-corrected chi connectivity index (χ4v) is 2.82. The highest BCUT2D eigenvalue weighted by Crippen LogP contribution is 2.25. The fraction of sp³-hybridized carbons (Fsp3) is 0.111. The summed E-state index contributed by atoms with van der Waals surface area (Å²) in [6.07, 6.45) is 5.14. The molecule has 0 radical (unpaired) electrons. The van der Waals surface area contributed by atoms with Crippen LogP contribution in [0.4, 0.5) is 5.69 Å². The van der Waals surface area contributed by atoms with Crippen molar-refractivity contribution in [3.8, 4) is 0 Å². The average Bonchev–Trinajstić information content (AvgIpc) is 2.58. The molecule has 0 fully saturated rings. The smallest absolute Gasteiger partial charge is 0.115 e. The SMILES string of the molecule is Clc1ccc(CN(Cc2ccccc2)c2cncnc2)c(Cl)c1. The molecule has 0 aliphatic carbocycles. The lowest BCUT2D eigenvalue weighted by atomic mass is 10.1. The van der Waals surface area contributed by atoms with Gasteiger partial charge in [0.2, 0.25) is 0 Å². The predicted octanol–water partition coefficient (Wildman–Crippen LogP) is 4.99. The topological polar surface area (TPSA) is 29.0 Å². The predicted molar refractivity (Wildman–Crippen MR) is 94.8 cm³/mol. The van der Waals surface area contributed by atoms with Gasteiger partial charge >= 0.3 is 0 Å². The van der Waals surface area contributed by atoms with Gasteiger partial charge in [-0.15, -0.1) is 0 Å². The van der Waals surface area contributed by atoms with Crippen LogP contribution < -0.4 is 4.90 Å². The van der Waals surface area contributed by atoms with Crippen LogP contribution in [0.2, 0.25) is 10.0 Å². The second-order valence-corrected chi connectivity index (χ2v) is 6.02. The molecule has 3 aromatic rings. The third-order valence-corrected chi connectivity index (χ3v) is 4.09. The van der Waals surface area contributed by atoms with Gasteiger partial charge in [0.15, 0.2) is 0 Å². The highest BCUT2D eigenvalue weighted by Gasteiger charge is 2.11. The third-order valence-electron chi connectivity index (χ3n) is 3.50. The third kappa shape index (κ3) is 4.21. The van der Waals surface area contributed by atoms with E-state index in [4.69, 9.17) is 23.2 Å². The Morgan fingerprint density at radius 2 is 1.61 bits per heavy atom. The quantitative estimate of drug-likeness (QED) is 0.653. The Kier molecular flexibility index (Phi) is 5.11. The van der Waals surface area contributed by atoms with E-state index in [2.05, 4.69) is 27.0 Å². The van der Waals surface area contributed by atoms with Crippen LogP contribution in [0.1, 0.15) is 11.1 Å². The zero-order chi connectivity index (χ0) is 16.1. The number of anilines is 1. The highest BCUT2D eigenvalue weighted by atomic mass is 35.5. The van der Waals surface area contributed by atoms with E-state index in [0.29, 0.717) is 16.6 Å². The monoisotopic (exact) mass is 343 g/mol. The Bertz CT molecular complexity index is 764. The first kappa shape index (κ1) is 15.8. The van der Waals surface area contributed by atoms with Crippen molar-refractivity contribution in [2.24, 2.45) is 0 Å². The average molecular weight is 344 g/mol. The summed E-state index contributed by atoms with van der Waals surface area (Å²) in [5.41, 5.74) is 3.17. The maximum atomic E-state index is 6.32. The van der Waals surface area contributed by atoms with Gasteiger partial charge in [-0.05, 0) is 23.3 Å². The second-order valence-electron chi connectivity index (χ2n) is 5.17. The van der Waals surface area contributed by atoms with Crippen LogP contribution in [0, 0.1) is 0 Å². The van der Waals surface area contributed by atoms with E-state index >= 15 is 0 Å². The van der Waals surface area contributed by atoms with Crippen molar-refractivity contribution >= 4 is 28.9 Å². The standard InChI is InChI=1S/C18H15Cl2N3/c19-16-7-6-15(18(20)8-16)12-23(17-9-21-13-22-10-17)11-14-4-2-1-3-5-14/h1-10,13H,11-12H2. The van der Waals surface area contributed by atoms with E-state index in [-0.39, 0.29) is 0 Å². The highest BCUT2D eigenvalue weighted by molar-refractivity contribution is 6.35. The summed E-state index contributed by atoms with van der Waals surface area (Å²) in [5, 5.41) is 1.30. The van der Waals surface area contributed by atoms with Crippen molar-refractivity contribution in [2.45, 2.75) is 13.1 Å². The van der Waals surface area contributed by atoms with Gasteiger partial charge in [-0.2, -0.15) is 0 Å². The molecule has 2 aromatic carbocycles. The minimum atomic E-state index is 0.636. The van der Waals surface area contributed by atoms with E-state index in [1.54, 1.807) is 18.5 Å². The molecule has 23 heavy (non-hydrogen) atoms. The van der Waals surface area contributed by atoms with E-state index in [0.717, 1.165) is 17.8 Å². The normalized spacial score (nSPS) is 10.5. The first-order chi connectivity index (χ1) is 11.2. The molecular weight excluding hydrogens is 329 g/mol. The first-order valence-electron chi connectivity index (χ1n) is 7.20. The van der Waals surface area contributed by atoms with E-state index < -0.39 is 0 Å². The molecule has 3 rings (SSSR count). The van der Waals surface area contributed by atoms with Crippen LogP contribution in [0.5, 0.6) is 0 Å². The number of halogens is 2. The zero-order valence-electron chi connectivity index (χ0n) is 12.4. The zero-order valence-corrected chi connectivity index (χ0v) is 13.9. The molecule has 3 nitrogen and oxygen atoms in total. The van der Waals surface area contributed by atoms with Crippen molar-refractivity contribution in [2.75, 3.05) is 4.90 Å². The molecule has 0 aliphatic rings. The largest absolute Gasteiger partial charge is 0.360 e. The van der Waals surface area contributed by atoms with Gasteiger partial charge in [0.05, 0.1) is 18.1 Å². The van der Waals surface area contributed by atoms with Gasteiger partial charge in [-0.1, -0.05) is 59.6 Å². The number of nitrogens with zero attached hydrogens (tertiary/aromatic N) is 3. The van der Waals surface area contributed by atoms with Crippen molar-refractivity contribution in [3.05, 3.63) is 88.4 Å². The maximum Gasteiger partial charge on any atom is 0.115 e. The maximum absolute atomic E-state index is 6.32. The fourth-order valence-electron chi connectivity index (χ4n) is 2.35. The van der Waals surface area contributed by atoms with Crippen LogP contribution in [-0.2, 0) is 13.1 Å². The lowest BCUT2D eigenvalue weighted by Crippen LogP contribution is -2.22. The summed E-state index contributed by atoms with van der Waals surface area (Å²) in [5.74, 6) is 0. The van der Waals surface area contributed by atoms with Gasteiger partial charge in [-0.3, -0.25) is 0 Å². The Morgan fingerprint density at radius 3 is 2.30 bits per heavy atom. The second kappa shape index (κ2) is 7.44. The van der Waals surface area contributed by atoms with Gasteiger partial charge < -0.3 is 4.90 Å². The van der Waals surface area contributed by atoms with Crippen molar-refractivity contribution in [1.82, 2.24) is 9.97 Å². The van der Waals surface area contributed by atoms with Crippen LogP contribution in [0.15, 0.2) is 67.3 Å². The first-order valence-corrected chi connectivity index (χ1v) is 7.96. The molecule has 0 aliphatic heterocycles. The van der Waals surface area contributed by atoms with Crippen molar-refractivity contribution in [3.63, 3.8) is 0 Å². The summed E-state index contributed by atoms with van der Waals surface area (Å²) in [7, 11) is 0. The molecule has 0 saturated heterocycles. The summed E-state index contributed by atoms with van der Waals surface area (Å²) < 4.78 is 0. The van der Waals surface area contributed by atoms with Crippen molar-refractivity contribution in [1.29, 1.82) is 0 Å². The Labute approximate surface area is 145 Å². The summed E-state index contributed by atoms with van der Waals surface area (Å²) in [6.45, 7) is 1.39. The number of hydrogen-bond acceptors (Lipinski definition) is 3. The molecule has 1 aromatic heterocycles. The minimum absolute atomic E-state index is 0.636. The summed E-state index contributed by atoms with van der Waals surface area (Å²) >= 11 is 12.3. The number of aromatic nitrogens is 2. The number of benzene rings is 2. The molecule has 0 spiro atoms. The molecular formula is C18H15Cl2N3. The van der Waals surface area contributed by atoms with Gasteiger partial charge in [0, 0.05) is 23.1 Å². The Morgan fingerprint density at radius 1 is 0.870 bits per heavy atom. The number of hydrogen-bond donors (Lipinski definition) is 0. The molecule has 0 atom stereocenters. The molecule has 5 heteroatoms. The molecule has 116 valence electrons.